The van der Waals surface area contributed by atoms with Crippen molar-refractivity contribution in [2.75, 3.05) is 33.4 Å². The molecule has 1 amide bonds. The average Bonchev–Trinajstić information content (AvgIpc) is 3.27. The van der Waals surface area contributed by atoms with Crippen molar-refractivity contribution in [2.45, 2.75) is 75.5 Å². The average molecular weight is 447 g/mol. The number of carboxylic acids is 1. The van der Waals surface area contributed by atoms with Crippen LogP contribution in [-0.2, 0) is 14.3 Å². The topological polar surface area (TPSA) is 70.1 Å². The Labute approximate surface area is 181 Å². The van der Waals surface area contributed by atoms with E-state index in [0.29, 0.717) is 17.5 Å². The number of hydrogen-bond donors (Lipinski definition) is 1. The molecule has 1 saturated carbocycles. The van der Waals surface area contributed by atoms with E-state index in [0.717, 1.165) is 63.3 Å². The maximum Gasteiger partial charge on any atom is 0.490 e. The minimum absolute atomic E-state index is 0.322. The van der Waals surface area contributed by atoms with Crippen molar-refractivity contribution in [1.29, 1.82) is 0 Å². The number of hydrogen-bond acceptors (Lipinski definition) is 4. The summed E-state index contributed by atoms with van der Waals surface area (Å²) in [5, 5.41) is 7.12. The van der Waals surface area contributed by atoms with Gasteiger partial charge in [0.2, 0.25) is 5.91 Å². The molecule has 0 aromatic heterocycles. The molecule has 2 saturated heterocycles. The van der Waals surface area contributed by atoms with Crippen molar-refractivity contribution in [2.24, 2.45) is 5.92 Å². The monoisotopic (exact) mass is 446 g/mol. The first-order valence-electron chi connectivity index (χ1n) is 11.2. The molecule has 9 heteroatoms. The summed E-state index contributed by atoms with van der Waals surface area (Å²) < 4.78 is 37.2. The quantitative estimate of drug-likeness (QED) is 0.699. The molecule has 1 spiro atoms. The van der Waals surface area contributed by atoms with Gasteiger partial charge < -0.3 is 14.7 Å². The van der Waals surface area contributed by atoms with Gasteiger partial charge in [0.05, 0.1) is 6.61 Å². The molecule has 1 atom stereocenters. The molecule has 31 heavy (non-hydrogen) atoms. The van der Waals surface area contributed by atoms with Gasteiger partial charge in [0, 0.05) is 43.9 Å². The molecular weight excluding hydrogens is 413 g/mol. The molecule has 1 unspecified atom stereocenters. The molecule has 0 bridgehead atoms. The largest absolute Gasteiger partial charge is 0.490 e. The number of allylic oxidation sites excluding steroid dienone is 1. The van der Waals surface area contributed by atoms with Crippen LogP contribution in [0.5, 0.6) is 0 Å². The molecule has 6 nitrogen and oxygen atoms in total. The van der Waals surface area contributed by atoms with Crippen LogP contribution >= 0.6 is 0 Å². The smallest absolute Gasteiger partial charge is 0.475 e. The fourth-order valence-electron chi connectivity index (χ4n) is 5.14. The van der Waals surface area contributed by atoms with Crippen molar-refractivity contribution in [3.63, 3.8) is 0 Å². The van der Waals surface area contributed by atoms with Crippen molar-refractivity contribution < 1.29 is 32.6 Å². The van der Waals surface area contributed by atoms with Crippen LogP contribution in [0.1, 0.15) is 57.8 Å². The number of carbonyl (C=O) groups is 2. The predicted octanol–water partition coefficient (Wildman–Crippen LogP) is 3.61. The highest BCUT2D eigenvalue weighted by molar-refractivity contribution is 5.93. The maximum absolute atomic E-state index is 12.7. The minimum atomic E-state index is -5.08. The molecule has 4 aliphatic rings. The molecule has 0 aromatic carbocycles. The van der Waals surface area contributed by atoms with Gasteiger partial charge in [0.15, 0.2) is 0 Å². The molecule has 1 N–H and O–H groups in total. The van der Waals surface area contributed by atoms with E-state index < -0.39 is 12.1 Å². The summed E-state index contributed by atoms with van der Waals surface area (Å²) in [7, 11) is 1.83. The molecular formula is C22H33F3N2O4. The number of ether oxygens (including phenoxy) is 1. The van der Waals surface area contributed by atoms with E-state index in [1.807, 2.05) is 7.11 Å². The highest BCUT2D eigenvalue weighted by Crippen LogP contribution is 2.45. The second kappa shape index (κ2) is 9.90. The number of alkyl halides is 3. The first-order chi connectivity index (χ1) is 14.7. The third kappa shape index (κ3) is 6.00. The van der Waals surface area contributed by atoms with Gasteiger partial charge in [0.1, 0.15) is 0 Å². The summed E-state index contributed by atoms with van der Waals surface area (Å²) in [5.41, 5.74) is 1.41. The Balaban J connectivity index is 0.000000339. The number of rotatable bonds is 5. The Morgan fingerprint density at radius 1 is 1.19 bits per heavy atom. The lowest BCUT2D eigenvalue weighted by Gasteiger charge is -2.47. The Hall–Kier alpha value is -1.61. The molecule has 3 fully saturated rings. The van der Waals surface area contributed by atoms with Crippen LogP contribution in [0.25, 0.3) is 0 Å². The van der Waals surface area contributed by atoms with Crippen LogP contribution in [0.2, 0.25) is 0 Å². The van der Waals surface area contributed by atoms with E-state index in [-0.39, 0.29) is 0 Å². The van der Waals surface area contributed by atoms with Gasteiger partial charge in [-0.15, -0.1) is 0 Å². The standard InChI is InChI=1S/C20H32N2O2.C2HF3O2/c1-24-15-18-8-9-20(22(18)14-16-6-7-16)10-12-21(13-11-20)19(23)17-4-2-3-5-17;3-2(4,5)1(6)7/h4,16,18H,2-3,5-15H2,1H3;(H,6,7). The number of methoxy groups -OCH3 is 1. The van der Waals surface area contributed by atoms with Gasteiger partial charge in [-0.2, -0.15) is 13.2 Å². The Bertz CT molecular complexity index is 683. The Morgan fingerprint density at radius 3 is 2.32 bits per heavy atom. The van der Waals surface area contributed by atoms with Crippen molar-refractivity contribution >= 4 is 11.9 Å². The SMILES string of the molecule is COCC1CCC2(CCN(C(=O)C3=CCCC3)CC2)N1CC1CC1.O=C(O)C(F)(F)F. The molecule has 4 rings (SSSR count). The molecule has 176 valence electrons. The van der Waals surface area contributed by atoms with E-state index in [1.54, 1.807) is 0 Å². The number of piperidine rings is 1. The summed E-state index contributed by atoms with van der Waals surface area (Å²) in [6, 6.07) is 0.593. The molecule has 2 heterocycles. The Kier molecular flexibility index (Phi) is 7.68. The number of likely N-dealkylation sites (tertiary alicyclic amines) is 2. The third-order valence-corrected chi connectivity index (χ3v) is 7.04. The first kappa shape index (κ1) is 24.0. The van der Waals surface area contributed by atoms with E-state index in [4.69, 9.17) is 14.6 Å². The van der Waals surface area contributed by atoms with E-state index >= 15 is 0 Å². The Morgan fingerprint density at radius 2 is 1.84 bits per heavy atom. The van der Waals surface area contributed by atoms with Gasteiger partial charge in [-0.05, 0) is 63.7 Å². The number of halogens is 3. The van der Waals surface area contributed by atoms with E-state index in [2.05, 4.69) is 15.9 Å². The molecule has 2 aliphatic heterocycles. The summed E-state index contributed by atoms with van der Waals surface area (Å²) in [4.78, 5) is 26.5. The zero-order chi connectivity index (χ0) is 22.6. The van der Waals surface area contributed by atoms with E-state index in [1.165, 1.54) is 32.2 Å². The number of carbonyl (C=O) groups excluding carboxylic acids is 1. The highest BCUT2D eigenvalue weighted by atomic mass is 19.4. The van der Waals surface area contributed by atoms with Crippen LogP contribution in [0.4, 0.5) is 13.2 Å². The number of carboxylic acid groups (broad SMARTS) is 1. The number of amides is 1. The second-order valence-corrected chi connectivity index (χ2v) is 9.18. The second-order valence-electron chi connectivity index (χ2n) is 9.18. The zero-order valence-electron chi connectivity index (χ0n) is 18.1. The van der Waals surface area contributed by atoms with Gasteiger partial charge >= 0.3 is 12.1 Å². The highest BCUT2D eigenvalue weighted by Gasteiger charge is 2.49. The number of aliphatic carboxylic acids is 1. The summed E-state index contributed by atoms with van der Waals surface area (Å²) in [5.74, 6) is -1.52. The van der Waals surface area contributed by atoms with Crippen LogP contribution in [0, 0.1) is 5.92 Å². The van der Waals surface area contributed by atoms with Gasteiger partial charge in [-0.3, -0.25) is 9.69 Å². The van der Waals surface area contributed by atoms with Gasteiger partial charge in [-0.25, -0.2) is 4.79 Å². The van der Waals surface area contributed by atoms with Crippen molar-refractivity contribution in [1.82, 2.24) is 9.80 Å². The fourth-order valence-corrected chi connectivity index (χ4v) is 5.14. The zero-order valence-corrected chi connectivity index (χ0v) is 18.1. The van der Waals surface area contributed by atoms with Crippen LogP contribution in [-0.4, -0.2) is 77.9 Å². The van der Waals surface area contributed by atoms with Gasteiger partial charge in [0.25, 0.3) is 0 Å². The summed E-state index contributed by atoms with van der Waals surface area (Å²) in [6.45, 7) is 4.01. The predicted molar refractivity (Wildman–Crippen MR) is 108 cm³/mol. The lowest BCUT2D eigenvalue weighted by Crippen LogP contribution is -2.56. The molecule has 0 aromatic rings. The normalized spacial score (nSPS) is 25.9. The van der Waals surface area contributed by atoms with E-state index in [9.17, 15) is 18.0 Å². The minimum Gasteiger partial charge on any atom is -0.475 e. The molecule has 2 aliphatic carbocycles. The summed E-state index contributed by atoms with van der Waals surface area (Å²) in [6.07, 6.45) is 7.99. The van der Waals surface area contributed by atoms with Crippen LogP contribution in [0.3, 0.4) is 0 Å². The molecule has 0 radical (unpaired) electrons. The van der Waals surface area contributed by atoms with Gasteiger partial charge in [-0.1, -0.05) is 6.08 Å². The van der Waals surface area contributed by atoms with Crippen LogP contribution in [0.15, 0.2) is 11.6 Å². The summed E-state index contributed by atoms with van der Waals surface area (Å²) >= 11 is 0. The van der Waals surface area contributed by atoms with Crippen molar-refractivity contribution in [3.8, 4) is 0 Å². The van der Waals surface area contributed by atoms with Crippen LogP contribution < -0.4 is 0 Å². The maximum atomic E-state index is 12.7. The first-order valence-corrected chi connectivity index (χ1v) is 11.2. The van der Waals surface area contributed by atoms with Crippen molar-refractivity contribution in [3.05, 3.63) is 11.6 Å². The lowest BCUT2D eigenvalue weighted by molar-refractivity contribution is -0.192. The number of nitrogens with zero attached hydrogens (tertiary/aromatic N) is 2. The third-order valence-electron chi connectivity index (χ3n) is 7.04. The lowest BCUT2D eigenvalue weighted by atomic mass is 9.84. The fraction of sp³-hybridized carbons (Fsp3) is 0.818.